The molecule has 25 heavy (non-hydrogen) atoms. The van der Waals surface area contributed by atoms with Crippen molar-refractivity contribution < 1.29 is 41.9 Å². The van der Waals surface area contributed by atoms with Gasteiger partial charge in [-0.1, -0.05) is 13.3 Å². The zero-order valence-corrected chi connectivity index (χ0v) is 19.9. The van der Waals surface area contributed by atoms with Crippen molar-refractivity contribution in [1.82, 2.24) is 0 Å². The monoisotopic (exact) mass is 441 g/mol. The molecule has 0 bridgehead atoms. The number of hydrogen-bond donors (Lipinski definition) is 1. The third kappa shape index (κ3) is 5.57. The maximum absolute atomic E-state index is 13.5. The first-order valence-electron chi connectivity index (χ1n) is 9.37. The van der Waals surface area contributed by atoms with Crippen LogP contribution in [0.25, 0.3) is 0 Å². The number of aryl methyl sites for hydroxylation is 2. The summed E-state index contributed by atoms with van der Waals surface area (Å²) in [5.41, 5.74) is 2.58. The van der Waals surface area contributed by atoms with E-state index in [9.17, 15) is 9.18 Å². The summed E-state index contributed by atoms with van der Waals surface area (Å²) in [7, 11) is -1.22. The third-order valence-electron chi connectivity index (χ3n) is 5.61. The predicted octanol–water partition coefficient (Wildman–Crippen LogP) is 5.77. The van der Waals surface area contributed by atoms with Gasteiger partial charge in [-0.2, -0.15) is 0 Å². The molecule has 0 spiro atoms. The minimum absolute atomic E-state index is 0. The van der Waals surface area contributed by atoms with Crippen molar-refractivity contribution in [2.24, 2.45) is 0 Å². The van der Waals surface area contributed by atoms with E-state index in [1.807, 2.05) is 13.8 Å². The molecule has 1 saturated heterocycles. The number of hydrogen-bond acceptors (Lipinski definition) is 1. The molecule has 0 aliphatic carbocycles. The zero-order chi connectivity index (χ0) is 17.7. The number of amides is 1. The average molecular weight is 441 g/mol. The molecule has 0 aromatic heterocycles. The van der Waals surface area contributed by atoms with Crippen molar-refractivity contribution in [3.63, 3.8) is 0 Å². The summed E-state index contributed by atoms with van der Waals surface area (Å²) in [4.78, 5) is 13.2. The van der Waals surface area contributed by atoms with Crippen LogP contribution in [0.5, 0.6) is 0 Å². The summed E-state index contributed by atoms with van der Waals surface area (Å²) in [6, 6.07) is 3.01. The summed E-state index contributed by atoms with van der Waals surface area (Å²) in [6.07, 6.45) is 9.61. The van der Waals surface area contributed by atoms with E-state index in [1.54, 1.807) is 0 Å². The van der Waals surface area contributed by atoms with Crippen LogP contribution in [0.1, 0.15) is 57.1 Å². The molecule has 1 radical (unpaired) electrons. The van der Waals surface area contributed by atoms with Gasteiger partial charge < -0.3 is 5.32 Å². The van der Waals surface area contributed by atoms with Crippen LogP contribution in [-0.4, -0.2) is 30.1 Å². The van der Waals surface area contributed by atoms with Gasteiger partial charge in [0.2, 0.25) is 0 Å². The average Bonchev–Trinajstić information content (AvgIpc) is 2.56. The number of anilines is 1. The number of carbonyl (C=O) groups is 1. The molecule has 0 saturated carbocycles. The Balaban J connectivity index is 0.00000312. The van der Waals surface area contributed by atoms with Gasteiger partial charge in [0, 0.05) is 45.7 Å². The zero-order valence-electron chi connectivity index (χ0n) is 16.2. The normalized spacial score (nSPS) is 17.5. The van der Waals surface area contributed by atoms with Gasteiger partial charge in [0.15, 0.2) is 0 Å². The molecule has 1 amide bonds. The molecule has 1 fully saturated rings. The van der Waals surface area contributed by atoms with Crippen molar-refractivity contribution in [1.29, 1.82) is 0 Å². The van der Waals surface area contributed by atoms with Gasteiger partial charge in [-0.05, 0) is 69.7 Å². The smallest absolute Gasteiger partial charge is 0.265 e. The van der Waals surface area contributed by atoms with Gasteiger partial charge in [-0.3, -0.25) is 4.79 Å². The van der Waals surface area contributed by atoms with Gasteiger partial charge in [0.05, 0.1) is 18.5 Å². The van der Waals surface area contributed by atoms with Crippen molar-refractivity contribution in [3.8, 4) is 0 Å². The van der Waals surface area contributed by atoms with E-state index in [0.717, 1.165) is 29.7 Å². The summed E-state index contributed by atoms with van der Waals surface area (Å²) in [5.74, 6) is -0.0651. The van der Waals surface area contributed by atoms with E-state index in [2.05, 4.69) is 19.2 Å². The molecular formula is C20H32FNOPY+. The fourth-order valence-corrected chi connectivity index (χ4v) is 9.23. The second kappa shape index (κ2) is 10.5. The number of nitrogens with one attached hydrogen (secondary N) is 1. The molecule has 2 rings (SSSR count). The maximum Gasteiger partial charge on any atom is 0.265 e. The Bertz CT molecular complexity index is 564. The van der Waals surface area contributed by atoms with E-state index in [-0.39, 0.29) is 50.1 Å². The molecule has 1 aliphatic rings. The number of halogens is 1. The van der Waals surface area contributed by atoms with Crippen LogP contribution in [0, 0.1) is 19.7 Å². The molecule has 1 aromatic carbocycles. The molecule has 1 aromatic rings. The van der Waals surface area contributed by atoms with Gasteiger partial charge in [-0.15, -0.1) is 0 Å². The molecule has 1 heterocycles. The summed E-state index contributed by atoms with van der Waals surface area (Å²) < 4.78 is 13.5. The van der Waals surface area contributed by atoms with Crippen LogP contribution in [0.4, 0.5) is 10.1 Å². The Kier molecular flexibility index (Phi) is 9.72. The number of benzene rings is 1. The quantitative estimate of drug-likeness (QED) is 0.558. The van der Waals surface area contributed by atoms with Gasteiger partial charge in [0.25, 0.3) is 5.91 Å². The van der Waals surface area contributed by atoms with E-state index in [4.69, 9.17) is 0 Å². The summed E-state index contributed by atoms with van der Waals surface area (Å²) >= 11 is 0. The second-order valence-corrected chi connectivity index (χ2v) is 11.8. The Morgan fingerprint density at radius 2 is 1.72 bits per heavy atom. The Labute approximate surface area is 178 Å². The van der Waals surface area contributed by atoms with E-state index >= 15 is 0 Å². The van der Waals surface area contributed by atoms with E-state index in [1.165, 1.54) is 49.9 Å². The van der Waals surface area contributed by atoms with Gasteiger partial charge >= 0.3 is 0 Å². The Morgan fingerprint density at radius 3 is 2.20 bits per heavy atom. The first kappa shape index (κ1) is 23.2. The fraction of sp³-hybridized carbons (Fsp3) is 0.650. The Morgan fingerprint density at radius 1 is 1.16 bits per heavy atom. The van der Waals surface area contributed by atoms with Crippen LogP contribution < -0.4 is 5.32 Å². The van der Waals surface area contributed by atoms with Crippen LogP contribution >= 0.6 is 7.26 Å². The SMILES string of the molecule is CCCC(C(=O)Nc1c(C)cc(F)cc1C)[P+]1(CC)CCCCC1.[Y]. The van der Waals surface area contributed by atoms with Crippen molar-refractivity contribution in [3.05, 3.63) is 29.1 Å². The minimum Gasteiger partial charge on any atom is -0.322 e. The predicted molar refractivity (Wildman–Crippen MR) is 104 cm³/mol. The molecule has 5 heteroatoms. The molecule has 1 N–H and O–H groups in total. The van der Waals surface area contributed by atoms with Crippen LogP contribution in [0.15, 0.2) is 12.1 Å². The van der Waals surface area contributed by atoms with E-state index in [0.29, 0.717) is 0 Å². The van der Waals surface area contributed by atoms with Crippen molar-refractivity contribution in [2.45, 2.75) is 65.5 Å². The molecular weight excluding hydrogens is 409 g/mol. The van der Waals surface area contributed by atoms with Crippen LogP contribution in [-0.2, 0) is 37.5 Å². The molecule has 1 unspecified atom stereocenters. The fourth-order valence-electron chi connectivity index (χ4n) is 4.23. The first-order chi connectivity index (χ1) is 11.4. The largest absolute Gasteiger partial charge is 0.322 e. The second-order valence-electron chi connectivity index (χ2n) is 7.25. The van der Waals surface area contributed by atoms with E-state index < -0.39 is 7.26 Å². The molecule has 137 valence electrons. The van der Waals surface area contributed by atoms with Crippen LogP contribution in [0.2, 0.25) is 0 Å². The molecule has 1 atom stereocenters. The first-order valence-corrected chi connectivity index (χ1v) is 11.8. The van der Waals surface area contributed by atoms with Crippen LogP contribution in [0.3, 0.4) is 0 Å². The topological polar surface area (TPSA) is 29.1 Å². The summed E-state index contributed by atoms with van der Waals surface area (Å²) in [6.45, 7) is 8.19. The third-order valence-corrected chi connectivity index (χ3v) is 11.1. The van der Waals surface area contributed by atoms with Crippen molar-refractivity contribution >= 4 is 18.9 Å². The molecule has 2 nitrogen and oxygen atoms in total. The number of carbonyl (C=O) groups excluding carboxylic acids is 1. The van der Waals surface area contributed by atoms with Crippen molar-refractivity contribution in [2.75, 3.05) is 23.8 Å². The maximum atomic E-state index is 13.5. The van der Waals surface area contributed by atoms with Gasteiger partial charge in [0.1, 0.15) is 11.5 Å². The standard InChI is InChI=1S/C20H31FNOP.Y/c1-5-10-18(24(6-2)11-8-7-9-12-24)20(23)22-19-15(3)13-17(21)14-16(19)4;/h13-14,18H,5-12H2,1-4H3;/p+1. The summed E-state index contributed by atoms with van der Waals surface area (Å²) in [5, 5.41) is 3.17. The van der Waals surface area contributed by atoms with Gasteiger partial charge in [-0.25, -0.2) is 4.39 Å². The minimum atomic E-state index is -1.22. The molecule has 1 aliphatic heterocycles. The number of rotatable bonds is 6. The Hall–Kier alpha value is 0.154.